The van der Waals surface area contributed by atoms with Gasteiger partial charge in [0.1, 0.15) is 0 Å². The predicted octanol–water partition coefficient (Wildman–Crippen LogP) is 3.20. The van der Waals surface area contributed by atoms with E-state index >= 15 is 0 Å². The maximum atomic E-state index is 12.7. The molecule has 0 radical (unpaired) electrons. The molecule has 1 aromatic carbocycles. The van der Waals surface area contributed by atoms with Gasteiger partial charge in [-0.3, -0.25) is 4.79 Å². The summed E-state index contributed by atoms with van der Waals surface area (Å²) in [4.78, 5) is 16.8. The van der Waals surface area contributed by atoms with Crippen LogP contribution in [0.4, 0.5) is 0 Å². The average molecular weight is 323 g/mol. The molecule has 0 unspecified atom stereocenters. The van der Waals surface area contributed by atoms with Gasteiger partial charge in [0.15, 0.2) is 0 Å². The lowest BCUT2D eigenvalue weighted by Gasteiger charge is -2.25. The van der Waals surface area contributed by atoms with E-state index in [1.54, 1.807) is 0 Å². The van der Waals surface area contributed by atoms with Crippen molar-refractivity contribution < 1.29 is 4.79 Å². The molecule has 1 amide bonds. The second-order valence-corrected chi connectivity index (χ2v) is 7.23. The number of fused-ring (bicyclic) bond motifs is 2. The second kappa shape index (κ2) is 6.42. The summed E-state index contributed by atoms with van der Waals surface area (Å²) < 4.78 is 2.15. The molecule has 24 heavy (non-hydrogen) atoms. The molecule has 1 aliphatic carbocycles. The lowest BCUT2D eigenvalue weighted by Crippen LogP contribution is -2.36. The smallest absolute Gasteiger partial charge is 0.224 e. The van der Waals surface area contributed by atoms with Gasteiger partial charge in [-0.15, -0.1) is 0 Å². The van der Waals surface area contributed by atoms with Crippen LogP contribution in [0.15, 0.2) is 30.7 Å². The van der Waals surface area contributed by atoms with E-state index in [1.165, 1.54) is 48.1 Å². The average Bonchev–Trinajstić information content (AvgIpc) is 3.08. The first-order valence-electron chi connectivity index (χ1n) is 9.12. The molecule has 0 saturated carbocycles. The maximum Gasteiger partial charge on any atom is 0.224 e. The molecule has 1 N–H and O–H groups in total. The minimum atomic E-state index is 0.0641. The van der Waals surface area contributed by atoms with Crippen molar-refractivity contribution in [2.75, 3.05) is 0 Å². The Morgan fingerprint density at radius 1 is 1.29 bits per heavy atom. The number of imidazole rings is 1. The predicted molar refractivity (Wildman–Crippen MR) is 93.7 cm³/mol. The van der Waals surface area contributed by atoms with Gasteiger partial charge in [-0.05, 0) is 55.7 Å². The van der Waals surface area contributed by atoms with Crippen LogP contribution in [-0.2, 0) is 30.6 Å². The summed E-state index contributed by atoms with van der Waals surface area (Å²) in [6.07, 6.45) is 10.4. The molecule has 126 valence electrons. The van der Waals surface area contributed by atoms with Gasteiger partial charge in [-0.25, -0.2) is 4.98 Å². The fourth-order valence-electron chi connectivity index (χ4n) is 4.03. The Bertz CT molecular complexity index is 749. The van der Waals surface area contributed by atoms with E-state index in [0.717, 1.165) is 19.4 Å². The SMILES string of the molecule is C[C@@H](NC(=O)[C@@H]1CCn2cncc2C1)c1ccc2c(c1)CCCC2. The van der Waals surface area contributed by atoms with E-state index in [0.29, 0.717) is 0 Å². The first-order valence-corrected chi connectivity index (χ1v) is 9.12. The molecule has 2 atom stereocenters. The Labute approximate surface area is 143 Å². The van der Waals surface area contributed by atoms with Gasteiger partial charge in [-0.1, -0.05) is 18.2 Å². The number of hydrogen-bond acceptors (Lipinski definition) is 2. The van der Waals surface area contributed by atoms with Crippen LogP contribution in [0.25, 0.3) is 0 Å². The van der Waals surface area contributed by atoms with Crippen LogP contribution in [0, 0.1) is 5.92 Å². The number of nitrogens with one attached hydrogen (secondary N) is 1. The number of carbonyl (C=O) groups is 1. The summed E-state index contributed by atoms with van der Waals surface area (Å²) in [5.74, 6) is 0.238. The zero-order chi connectivity index (χ0) is 16.5. The van der Waals surface area contributed by atoms with Crippen molar-refractivity contribution in [3.05, 3.63) is 53.1 Å². The van der Waals surface area contributed by atoms with Crippen molar-refractivity contribution in [1.82, 2.24) is 14.9 Å². The van der Waals surface area contributed by atoms with Crippen molar-refractivity contribution in [3.63, 3.8) is 0 Å². The zero-order valence-corrected chi connectivity index (χ0v) is 14.3. The van der Waals surface area contributed by atoms with Gasteiger partial charge >= 0.3 is 0 Å². The van der Waals surface area contributed by atoms with E-state index in [9.17, 15) is 4.79 Å². The fraction of sp³-hybridized carbons (Fsp3) is 0.500. The van der Waals surface area contributed by atoms with Gasteiger partial charge in [-0.2, -0.15) is 0 Å². The molecule has 1 aliphatic heterocycles. The third-order valence-corrected chi connectivity index (χ3v) is 5.57. The molecular formula is C20H25N3O. The molecule has 2 heterocycles. The van der Waals surface area contributed by atoms with Gasteiger partial charge < -0.3 is 9.88 Å². The Hall–Kier alpha value is -2.10. The van der Waals surface area contributed by atoms with E-state index in [-0.39, 0.29) is 17.9 Å². The van der Waals surface area contributed by atoms with Crippen molar-refractivity contribution in [3.8, 4) is 0 Å². The van der Waals surface area contributed by atoms with E-state index in [4.69, 9.17) is 0 Å². The molecule has 0 bridgehead atoms. The molecular weight excluding hydrogens is 298 g/mol. The van der Waals surface area contributed by atoms with Crippen molar-refractivity contribution >= 4 is 5.91 Å². The Morgan fingerprint density at radius 2 is 2.12 bits per heavy atom. The number of hydrogen-bond donors (Lipinski definition) is 1. The Kier molecular flexibility index (Phi) is 4.13. The third-order valence-electron chi connectivity index (χ3n) is 5.57. The van der Waals surface area contributed by atoms with Crippen molar-refractivity contribution in [2.24, 2.45) is 5.92 Å². The number of benzene rings is 1. The molecule has 4 nitrogen and oxygen atoms in total. The first-order chi connectivity index (χ1) is 11.7. The number of carbonyl (C=O) groups excluding carboxylic acids is 1. The summed E-state index contributed by atoms with van der Waals surface area (Å²) in [5, 5.41) is 3.23. The first kappa shape index (κ1) is 15.4. The van der Waals surface area contributed by atoms with Crippen LogP contribution in [-0.4, -0.2) is 15.5 Å². The molecule has 2 aliphatic rings. The van der Waals surface area contributed by atoms with E-state index < -0.39 is 0 Å². The van der Waals surface area contributed by atoms with Crippen LogP contribution in [0.5, 0.6) is 0 Å². The molecule has 1 aromatic heterocycles. The van der Waals surface area contributed by atoms with Crippen LogP contribution in [0.1, 0.15) is 54.6 Å². The molecule has 4 rings (SSSR count). The summed E-state index contributed by atoms with van der Waals surface area (Å²) in [7, 11) is 0. The van der Waals surface area contributed by atoms with Gasteiger partial charge in [0.2, 0.25) is 5.91 Å². The van der Waals surface area contributed by atoms with Crippen LogP contribution >= 0.6 is 0 Å². The Morgan fingerprint density at radius 3 is 3.00 bits per heavy atom. The number of aromatic nitrogens is 2. The number of amides is 1. The zero-order valence-electron chi connectivity index (χ0n) is 14.3. The highest BCUT2D eigenvalue weighted by molar-refractivity contribution is 5.79. The number of rotatable bonds is 3. The molecule has 2 aromatic rings. The maximum absolute atomic E-state index is 12.7. The molecule has 0 fully saturated rings. The minimum absolute atomic E-state index is 0.0641. The Balaban J connectivity index is 1.42. The van der Waals surface area contributed by atoms with Crippen LogP contribution in [0.2, 0.25) is 0 Å². The van der Waals surface area contributed by atoms with Crippen LogP contribution in [0.3, 0.4) is 0 Å². The minimum Gasteiger partial charge on any atom is -0.349 e. The van der Waals surface area contributed by atoms with Crippen LogP contribution < -0.4 is 5.32 Å². The van der Waals surface area contributed by atoms with Crippen molar-refractivity contribution in [2.45, 2.75) is 58.0 Å². The van der Waals surface area contributed by atoms with E-state index in [1.807, 2.05) is 12.5 Å². The highest BCUT2D eigenvalue weighted by Gasteiger charge is 2.26. The standard InChI is InChI=1S/C20H25N3O/c1-14(16-7-6-15-4-2-3-5-17(15)10-16)22-20(24)18-8-9-23-13-21-12-19(23)11-18/h6-7,10,12-14,18H,2-5,8-9,11H2,1H3,(H,22,24)/t14-,18-/m1/s1. The highest BCUT2D eigenvalue weighted by atomic mass is 16.1. The monoisotopic (exact) mass is 323 g/mol. The normalized spacial score (nSPS) is 20.8. The molecule has 0 saturated heterocycles. The van der Waals surface area contributed by atoms with Gasteiger partial charge in [0.25, 0.3) is 0 Å². The van der Waals surface area contributed by atoms with E-state index in [2.05, 4.69) is 40.0 Å². The summed E-state index contributed by atoms with van der Waals surface area (Å²) in [5.41, 5.74) is 5.36. The topological polar surface area (TPSA) is 46.9 Å². The van der Waals surface area contributed by atoms with Gasteiger partial charge in [0, 0.05) is 30.8 Å². The molecule has 0 spiro atoms. The largest absolute Gasteiger partial charge is 0.349 e. The number of aryl methyl sites for hydroxylation is 3. The number of nitrogens with zero attached hydrogens (tertiary/aromatic N) is 2. The highest BCUT2D eigenvalue weighted by Crippen LogP contribution is 2.26. The second-order valence-electron chi connectivity index (χ2n) is 7.23. The summed E-state index contributed by atoms with van der Waals surface area (Å²) in [6, 6.07) is 6.81. The summed E-state index contributed by atoms with van der Waals surface area (Å²) in [6.45, 7) is 2.98. The van der Waals surface area contributed by atoms with Crippen molar-refractivity contribution in [1.29, 1.82) is 0 Å². The fourth-order valence-corrected chi connectivity index (χ4v) is 4.03. The quantitative estimate of drug-likeness (QED) is 0.943. The summed E-state index contributed by atoms with van der Waals surface area (Å²) >= 11 is 0. The van der Waals surface area contributed by atoms with Gasteiger partial charge in [0.05, 0.1) is 12.4 Å². The lowest BCUT2D eigenvalue weighted by atomic mass is 9.89. The molecule has 4 heteroatoms. The third kappa shape index (κ3) is 2.97. The lowest BCUT2D eigenvalue weighted by molar-refractivity contribution is -0.126.